The van der Waals surface area contributed by atoms with Crippen LogP contribution in [0.2, 0.25) is 10.0 Å². The second kappa shape index (κ2) is 11.5. The fourth-order valence-electron chi connectivity index (χ4n) is 4.88. The van der Waals surface area contributed by atoms with Crippen LogP contribution in [0.1, 0.15) is 52.7 Å². The fourth-order valence-corrected chi connectivity index (χ4v) is 9.28. The first-order valence-electron chi connectivity index (χ1n) is 13.1. The van der Waals surface area contributed by atoms with Gasteiger partial charge in [-0.25, -0.2) is 22.0 Å². The summed E-state index contributed by atoms with van der Waals surface area (Å²) in [5.41, 5.74) is -1.13. The van der Waals surface area contributed by atoms with Crippen LogP contribution >= 0.6 is 30.3 Å². The lowest BCUT2D eigenvalue weighted by Gasteiger charge is -2.33. The third kappa shape index (κ3) is 5.77. The minimum Gasteiger partial charge on any atom is -0.507 e. The topological polar surface area (TPSA) is 52.8 Å². The van der Waals surface area contributed by atoms with Crippen molar-refractivity contribution < 1.29 is 32.2 Å². The summed E-state index contributed by atoms with van der Waals surface area (Å²) in [4.78, 5) is 0. The van der Waals surface area contributed by atoms with E-state index in [0.717, 1.165) is 0 Å². The highest BCUT2D eigenvalue weighted by molar-refractivity contribution is 7.87. The number of rotatable bonds is 4. The molecule has 4 rings (SSSR count). The summed E-state index contributed by atoms with van der Waals surface area (Å²) in [5.74, 6) is -12.2. The first kappa shape index (κ1) is 32.8. The molecule has 2 N–H and O–H groups in total. The maximum Gasteiger partial charge on any atom is 0.200 e. The van der Waals surface area contributed by atoms with Crippen molar-refractivity contribution in [3.8, 4) is 11.5 Å². The zero-order chi connectivity index (χ0) is 32.2. The van der Waals surface area contributed by atoms with Gasteiger partial charge in [0.25, 0.3) is 0 Å². The van der Waals surface area contributed by atoms with Crippen LogP contribution in [0.3, 0.4) is 0 Å². The highest BCUT2D eigenvalue weighted by Crippen LogP contribution is 2.57. The summed E-state index contributed by atoms with van der Waals surface area (Å²) in [6.45, 7) is 10.4. The maximum atomic E-state index is 16.1. The number of aromatic hydroxyl groups is 2. The van der Waals surface area contributed by atoms with Crippen LogP contribution in [0.25, 0.3) is 0 Å². The molecular weight excluding hydrogens is 627 g/mol. The number of hydrogen-bond donors (Lipinski definition) is 2. The number of hydrogen-bond acceptors (Lipinski definition) is 3. The molecule has 0 saturated carbocycles. The van der Waals surface area contributed by atoms with Crippen LogP contribution in [0, 0.1) is 29.1 Å². The Morgan fingerprint density at radius 2 is 0.977 bits per heavy atom. The van der Waals surface area contributed by atoms with E-state index in [0.29, 0.717) is 0 Å². The van der Waals surface area contributed by atoms with Gasteiger partial charge in [-0.2, -0.15) is 0 Å². The molecule has 4 aromatic rings. The van der Waals surface area contributed by atoms with Gasteiger partial charge in [0.05, 0.1) is 18.0 Å². The molecule has 4 aromatic carbocycles. The monoisotopic (exact) mass is 655 g/mol. The molecule has 0 spiro atoms. The van der Waals surface area contributed by atoms with E-state index in [1.54, 1.807) is 59.7 Å². The molecule has 0 aromatic heterocycles. The van der Waals surface area contributed by atoms with E-state index in [9.17, 15) is 14.6 Å². The van der Waals surface area contributed by atoms with Crippen LogP contribution in [0.5, 0.6) is 11.5 Å². The summed E-state index contributed by atoms with van der Waals surface area (Å²) in [6, 6.07) is 12.9. The molecule has 0 aliphatic heterocycles. The van der Waals surface area contributed by atoms with Crippen molar-refractivity contribution in [2.24, 2.45) is 4.74 Å². The van der Waals surface area contributed by atoms with Crippen molar-refractivity contribution >= 4 is 51.9 Å². The van der Waals surface area contributed by atoms with Gasteiger partial charge in [0.15, 0.2) is 23.3 Å². The Labute approximate surface area is 257 Å². The van der Waals surface area contributed by atoms with Crippen LogP contribution in [-0.4, -0.2) is 10.2 Å². The average Bonchev–Trinajstić information content (AvgIpc) is 2.91. The Morgan fingerprint density at radius 1 is 0.605 bits per heavy atom. The van der Waals surface area contributed by atoms with E-state index < -0.39 is 63.8 Å². The predicted molar refractivity (Wildman–Crippen MR) is 164 cm³/mol. The normalized spacial score (nSPS) is 12.5. The number of nitrogens with zero attached hydrogens (tertiary/aromatic N) is 1. The Hall–Kier alpha value is -3.06. The van der Waals surface area contributed by atoms with Crippen LogP contribution in [0.15, 0.2) is 59.3 Å². The van der Waals surface area contributed by atoms with Gasteiger partial charge in [-0.05, 0) is 47.2 Å². The molecule has 0 unspecified atom stereocenters. The summed E-state index contributed by atoms with van der Waals surface area (Å²) in [5, 5.41) is 21.7. The minimum absolute atomic E-state index is 0.00760. The number of phenols is 2. The minimum atomic E-state index is -4.69. The Bertz CT molecular complexity index is 1700. The first-order chi connectivity index (χ1) is 19.8. The summed E-state index contributed by atoms with van der Waals surface area (Å²) < 4.78 is 81.5. The highest BCUT2D eigenvalue weighted by atomic mass is 35.5. The Morgan fingerprint density at radius 3 is 1.35 bits per heavy atom. The van der Waals surface area contributed by atoms with Crippen molar-refractivity contribution in [2.45, 2.75) is 52.4 Å². The van der Waals surface area contributed by atoms with Gasteiger partial charge < -0.3 is 10.2 Å². The fraction of sp³-hybridized carbons (Fsp3) is 0.250. The van der Waals surface area contributed by atoms with E-state index >= 15 is 17.6 Å². The van der Waals surface area contributed by atoms with Crippen LogP contribution in [-0.2, 0) is 10.8 Å². The van der Waals surface area contributed by atoms with Crippen molar-refractivity contribution in [1.29, 1.82) is 0 Å². The van der Waals surface area contributed by atoms with E-state index in [-0.39, 0.29) is 37.5 Å². The van der Waals surface area contributed by atoms with E-state index in [1.807, 2.05) is 0 Å². The SMILES string of the molecule is CC(C)(C)c1cc(Cl)cc(P(=Nc2ccccc2)(c2cc(Cl)cc(C(C)(C)C)c2O)c2c(F)c(F)c(F)c(F)c2F)c1O. The van der Waals surface area contributed by atoms with Crippen molar-refractivity contribution in [3.05, 3.63) is 105 Å². The number of halogens is 7. The Balaban J connectivity index is 2.49. The summed E-state index contributed by atoms with van der Waals surface area (Å²) >= 11 is 13.1. The third-order valence-electron chi connectivity index (χ3n) is 6.95. The van der Waals surface area contributed by atoms with Gasteiger partial charge in [0.2, 0.25) is 5.82 Å². The molecule has 0 radical (unpaired) electrons. The zero-order valence-electron chi connectivity index (χ0n) is 24.1. The molecule has 0 bridgehead atoms. The van der Waals surface area contributed by atoms with E-state index in [1.165, 1.54) is 36.4 Å². The molecule has 11 heteroatoms. The zero-order valence-corrected chi connectivity index (χ0v) is 26.5. The van der Waals surface area contributed by atoms with Crippen LogP contribution < -0.4 is 15.9 Å². The molecule has 0 fully saturated rings. The van der Waals surface area contributed by atoms with Crippen LogP contribution in [0.4, 0.5) is 27.6 Å². The predicted octanol–water partition coefficient (Wildman–Crippen LogP) is 9.50. The Kier molecular flexibility index (Phi) is 8.75. The van der Waals surface area contributed by atoms with Crippen molar-refractivity contribution in [3.63, 3.8) is 0 Å². The molecule has 0 amide bonds. The van der Waals surface area contributed by atoms with Gasteiger partial charge >= 0.3 is 0 Å². The molecule has 3 nitrogen and oxygen atoms in total. The molecule has 0 atom stereocenters. The molecule has 43 heavy (non-hydrogen) atoms. The summed E-state index contributed by atoms with van der Waals surface area (Å²) in [7, 11) is -4.69. The highest BCUT2D eigenvalue weighted by Gasteiger charge is 2.43. The second-order valence-corrected chi connectivity index (χ2v) is 15.9. The lowest BCUT2D eigenvalue weighted by atomic mass is 9.86. The van der Waals surface area contributed by atoms with Gasteiger partial charge in [0.1, 0.15) is 11.5 Å². The first-order valence-corrected chi connectivity index (χ1v) is 15.6. The average molecular weight is 656 g/mol. The molecule has 0 aliphatic rings. The maximum absolute atomic E-state index is 16.1. The third-order valence-corrected chi connectivity index (χ3v) is 11.0. The van der Waals surface area contributed by atoms with Gasteiger partial charge in [-0.3, -0.25) is 4.74 Å². The van der Waals surface area contributed by atoms with E-state index in [2.05, 4.69) is 0 Å². The molecular formula is C32H29Cl2F5NO2P. The van der Waals surface area contributed by atoms with Gasteiger partial charge in [-0.15, -0.1) is 0 Å². The quantitative estimate of drug-likeness (QED) is 0.0996. The smallest absolute Gasteiger partial charge is 0.200 e. The second-order valence-electron chi connectivity index (χ2n) is 12.1. The van der Waals surface area contributed by atoms with Gasteiger partial charge in [0, 0.05) is 31.8 Å². The van der Waals surface area contributed by atoms with Crippen molar-refractivity contribution in [2.75, 3.05) is 0 Å². The largest absolute Gasteiger partial charge is 0.507 e. The molecule has 0 saturated heterocycles. The summed E-state index contributed by atoms with van der Waals surface area (Å²) in [6.07, 6.45) is 0. The van der Waals surface area contributed by atoms with Gasteiger partial charge in [-0.1, -0.05) is 82.9 Å². The molecule has 0 aliphatic carbocycles. The lowest BCUT2D eigenvalue weighted by Crippen LogP contribution is -2.34. The lowest BCUT2D eigenvalue weighted by molar-refractivity contribution is 0.384. The van der Waals surface area contributed by atoms with E-state index in [4.69, 9.17) is 27.9 Å². The number of benzene rings is 4. The standard InChI is InChI=1S/C32H29Cl2F5NO2P/c1-31(2,3)19-12-16(33)14-21(28(19)41)43(40-18-10-8-7-9-11-18,30-26(38)24(36)23(35)25(37)27(30)39)22-15-17(34)13-20(29(22)42)32(4,5)6/h7-15,41-42H,1-6H3. The molecule has 0 heterocycles. The number of phenolic OH excluding ortho intramolecular Hbond substituents is 2. The molecule has 228 valence electrons. The van der Waals surface area contributed by atoms with Crippen molar-refractivity contribution in [1.82, 2.24) is 0 Å².